The molecule has 9 aromatic rings. The minimum Gasteiger partial charge on any atom is -1.00 e. The number of nitro groups is 1. The molecule has 0 aliphatic rings. The van der Waals surface area contributed by atoms with Gasteiger partial charge in [0, 0.05) is 62.3 Å². The predicted octanol–water partition coefficient (Wildman–Crippen LogP) is 10.7. The Morgan fingerprint density at radius 1 is 0.667 bits per heavy atom. The Bertz CT molecular complexity index is 2800. The Morgan fingerprint density at radius 3 is 1.27 bits per heavy atom. The fourth-order valence-electron chi connectivity index (χ4n) is 5.60. The predicted molar refractivity (Wildman–Crippen MR) is 274 cm³/mol. The maximum atomic E-state index is 10.6. The fourth-order valence-corrected chi connectivity index (χ4v) is 8.80. The van der Waals surface area contributed by atoms with E-state index in [9.17, 15) is 10.1 Å². The third-order valence-electron chi connectivity index (χ3n) is 8.54. The number of aromatic nitrogens is 3. The van der Waals surface area contributed by atoms with Crippen LogP contribution in [-0.2, 0) is 0 Å². The van der Waals surface area contributed by atoms with Crippen LogP contribution in [0.5, 0.6) is 0 Å². The maximum Gasteiger partial charge on any atom is 1.00 e. The third-order valence-corrected chi connectivity index (χ3v) is 11.7. The number of aryl methyl sites for hydroxylation is 3. The number of halogens is 2. The van der Waals surface area contributed by atoms with Gasteiger partial charge in [0.15, 0.2) is 0 Å². The summed E-state index contributed by atoms with van der Waals surface area (Å²) >= 11 is 4.24. The van der Waals surface area contributed by atoms with Gasteiger partial charge in [0.05, 0.1) is 35.6 Å². The molecule has 63 heavy (non-hydrogen) atoms. The number of non-ortho nitro benzene ring substituents is 1. The van der Waals surface area contributed by atoms with Crippen molar-refractivity contribution < 1.29 is 41.0 Å². The molecule has 0 aliphatic heterocycles. The first-order chi connectivity index (χ1) is 28.9. The molecule has 319 valence electrons. The van der Waals surface area contributed by atoms with Crippen LogP contribution >= 0.6 is 51.9 Å². The number of benzene rings is 6. The number of nitrogens with one attached hydrogen (secondary N) is 1. The minimum atomic E-state index is -0.826. The Labute approximate surface area is 424 Å². The van der Waals surface area contributed by atoms with E-state index in [1.54, 1.807) is 53.1 Å². The number of hydrogen-bond acceptors (Lipinski definition) is 11. The average molecular weight is 1050 g/mol. The molecule has 3 aromatic heterocycles. The first kappa shape index (κ1) is 55.5. The third kappa shape index (κ3) is 16.1. The first-order valence-corrected chi connectivity index (χ1v) is 28.2. The summed E-state index contributed by atoms with van der Waals surface area (Å²) < 4.78 is 3.62. The van der Waals surface area contributed by atoms with Crippen LogP contribution in [-0.4, -0.2) is 65.9 Å². The Morgan fingerprint density at radius 2 is 0.968 bits per heavy atom. The summed E-state index contributed by atoms with van der Waals surface area (Å²) in [5.41, 5.74) is 17.7. The van der Waals surface area contributed by atoms with E-state index in [0.717, 1.165) is 58.8 Å². The monoisotopic (exact) mass is 1050 g/mol. The number of thiazole rings is 3. The Kier molecular flexibility index (Phi) is 24.4. The van der Waals surface area contributed by atoms with Gasteiger partial charge in [0.2, 0.25) is 0 Å². The van der Waals surface area contributed by atoms with Gasteiger partial charge in [-0.25, -0.2) is 15.0 Å². The second-order valence-corrected chi connectivity index (χ2v) is 20.4. The molecule has 0 saturated carbocycles. The zero-order valence-corrected chi connectivity index (χ0v) is 43.8. The van der Waals surface area contributed by atoms with E-state index in [1.165, 1.54) is 43.8 Å². The molecule has 17 heteroatoms. The second-order valence-electron chi connectivity index (χ2n) is 13.1. The van der Waals surface area contributed by atoms with Gasteiger partial charge in [0.1, 0.15) is 15.0 Å². The summed E-state index contributed by atoms with van der Waals surface area (Å²) in [6.07, 6.45) is 0. The molecule has 0 bridgehead atoms. The topological polar surface area (TPSA) is 140 Å². The van der Waals surface area contributed by atoms with Crippen LogP contribution in [0.2, 0.25) is 0 Å². The van der Waals surface area contributed by atoms with Gasteiger partial charge in [-0.05, 0) is 141 Å². The van der Waals surface area contributed by atoms with Crippen LogP contribution in [0.4, 0.5) is 17.1 Å². The number of anilines is 2. The van der Waals surface area contributed by atoms with E-state index < -0.39 is 23.8 Å². The number of nitrogens with zero attached hydrogens (tertiary/aromatic N) is 4. The Hall–Kier alpha value is -3.61. The molecule has 0 fully saturated rings. The van der Waals surface area contributed by atoms with Crippen LogP contribution in [0.1, 0.15) is 32.5 Å². The van der Waals surface area contributed by atoms with Gasteiger partial charge < -0.3 is 17.6 Å². The van der Waals surface area contributed by atoms with Crippen molar-refractivity contribution in [2.75, 3.05) is 24.7 Å². The molecule has 0 saturated heterocycles. The average Bonchev–Trinajstić information content (AvgIpc) is 3.99. The SMILES string of the molecule is C.CCO.CNc1ccc(-c2nc3ccc(C)cc3s2)cc1.Cc1ccc2nc(-c3ccc(N)cc3)sc2c1.Cc1ccc2nc(-c3ccc([N+](=O)[O-])cc3)sc2c1.[B].[Cl][Sn][Cl].[H-].[Na+]. The van der Waals surface area contributed by atoms with Crippen LogP contribution in [0.25, 0.3) is 62.4 Å². The van der Waals surface area contributed by atoms with Crippen molar-refractivity contribution in [3.63, 3.8) is 0 Å². The standard InChI is InChI=1S/C15H14N2S.C14H10N2O2S.C14H12N2S.C2H6O.CH4.B.2ClH.Na.Sn.H/c1-10-3-8-13-14(9-10)18-15(17-13)11-4-6-12(16-2)7-5-11;1-9-2-7-12-13(8-9)19-14(15-12)10-3-5-11(6-4-10)16(17)18;1-9-2-7-12-13(8-9)17-14(16-12)10-3-5-11(15)6-4-10;1-2-3;;;;;;;/h3-9,16H,1-2H3;2-8H,1H3;2-8H,15H2,1H3;3H,2H2,1H3;1H4;;2*1H;;;/q;;;;;;;;+1;+2;-1/p-2. The number of nitrogen functional groups attached to an aromatic ring is 1. The van der Waals surface area contributed by atoms with Gasteiger partial charge in [-0.3, -0.25) is 10.1 Å². The maximum absolute atomic E-state index is 10.6. The molecule has 3 heterocycles. The van der Waals surface area contributed by atoms with Crippen molar-refractivity contribution in [3.05, 3.63) is 154 Å². The molecule has 0 aliphatic carbocycles. The number of nitrogens with two attached hydrogens (primary N) is 1. The zero-order valence-electron chi connectivity index (χ0n) is 36.0. The van der Waals surface area contributed by atoms with Crippen LogP contribution < -0.4 is 40.6 Å². The molecule has 5 radical (unpaired) electrons. The number of fused-ring (bicyclic) bond motifs is 3. The van der Waals surface area contributed by atoms with E-state index in [4.69, 9.17) is 28.7 Å². The largest absolute Gasteiger partial charge is 1.00 e. The van der Waals surface area contributed by atoms with E-state index >= 15 is 0 Å². The molecule has 4 N–H and O–H groups in total. The summed E-state index contributed by atoms with van der Waals surface area (Å²) in [6, 6.07) is 41.6. The quantitative estimate of drug-likeness (QED) is 0.0670. The number of hydrogen-bond donors (Lipinski definition) is 3. The molecule has 6 aromatic carbocycles. The molecule has 9 rings (SSSR count). The number of rotatable bonds is 5. The van der Waals surface area contributed by atoms with Crippen LogP contribution in [0.15, 0.2) is 127 Å². The molecular formula is C46H47BCl2N6NaO3S3Sn. The molecular weight excluding hydrogens is 1000 g/mol. The number of aliphatic hydroxyl groups is 1. The molecule has 0 atom stereocenters. The Balaban J connectivity index is 0.000000439. The summed E-state index contributed by atoms with van der Waals surface area (Å²) in [5.74, 6) is 0. The molecule has 0 unspecified atom stereocenters. The van der Waals surface area contributed by atoms with Crippen molar-refractivity contribution in [3.8, 4) is 31.7 Å². The first-order valence-electron chi connectivity index (χ1n) is 18.5. The van der Waals surface area contributed by atoms with Crippen LogP contribution in [0, 0.1) is 30.9 Å². The van der Waals surface area contributed by atoms with Crippen molar-refractivity contribution in [1.82, 2.24) is 15.0 Å². The van der Waals surface area contributed by atoms with Crippen molar-refractivity contribution in [2.24, 2.45) is 0 Å². The van der Waals surface area contributed by atoms with Gasteiger partial charge >= 0.3 is 66.3 Å². The molecule has 9 nitrogen and oxygen atoms in total. The summed E-state index contributed by atoms with van der Waals surface area (Å²) in [6.45, 7) is 8.19. The zero-order chi connectivity index (χ0) is 43.2. The van der Waals surface area contributed by atoms with Crippen molar-refractivity contribution in [2.45, 2.75) is 35.1 Å². The van der Waals surface area contributed by atoms with Crippen molar-refractivity contribution >= 4 is 127 Å². The van der Waals surface area contributed by atoms with Gasteiger partial charge in [-0.1, -0.05) is 25.6 Å². The van der Waals surface area contributed by atoms with E-state index in [2.05, 4.69) is 101 Å². The van der Waals surface area contributed by atoms with Gasteiger partial charge in [0.25, 0.3) is 5.69 Å². The van der Waals surface area contributed by atoms with E-state index in [1.807, 2.05) is 50.4 Å². The number of nitro benzene ring substituents is 1. The second kappa shape index (κ2) is 27.7. The summed E-state index contributed by atoms with van der Waals surface area (Å²) in [7, 11) is 11.8. The fraction of sp³-hybridized carbons (Fsp3) is 0.152. The molecule has 0 amide bonds. The molecule has 0 spiro atoms. The summed E-state index contributed by atoms with van der Waals surface area (Å²) in [5, 5.41) is 24.3. The minimum absolute atomic E-state index is 0. The van der Waals surface area contributed by atoms with E-state index in [0.29, 0.717) is 0 Å². The van der Waals surface area contributed by atoms with Crippen molar-refractivity contribution in [1.29, 1.82) is 0 Å². The van der Waals surface area contributed by atoms with Gasteiger partial charge in [-0.15, -0.1) is 34.0 Å². The number of aliphatic hydroxyl groups excluding tert-OH is 1. The summed E-state index contributed by atoms with van der Waals surface area (Å²) in [4.78, 5) is 24.1. The van der Waals surface area contributed by atoms with Crippen LogP contribution in [0.3, 0.4) is 0 Å². The normalized spacial score (nSPS) is 9.84. The smallest absolute Gasteiger partial charge is 1.00 e. The van der Waals surface area contributed by atoms with Gasteiger partial charge in [-0.2, -0.15) is 0 Å². The van der Waals surface area contributed by atoms with E-state index in [-0.39, 0.29) is 59.1 Å².